The van der Waals surface area contributed by atoms with Gasteiger partial charge in [-0.3, -0.25) is 9.89 Å². The molecule has 4 rings (SSSR count). The van der Waals surface area contributed by atoms with Crippen LogP contribution in [0.4, 0.5) is 0 Å². The molecule has 1 aliphatic carbocycles. The number of aromatic nitrogens is 2. The third kappa shape index (κ3) is 2.41. The van der Waals surface area contributed by atoms with E-state index in [1.807, 2.05) is 18.3 Å². The van der Waals surface area contributed by atoms with Crippen molar-refractivity contribution < 1.29 is 4.79 Å². The number of hydrogen-bond acceptors (Lipinski definition) is 3. The fourth-order valence-electron chi connectivity index (χ4n) is 3.13. The first-order valence-corrected chi connectivity index (χ1v) is 8.43. The van der Waals surface area contributed by atoms with Gasteiger partial charge in [0.2, 0.25) is 5.91 Å². The van der Waals surface area contributed by atoms with Crippen LogP contribution in [0.2, 0.25) is 0 Å². The summed E-state index contributed by atoms with van der Waals surface area (Å²) >= 11 is 1.73. The van der Waals surface area contributed by atoms with Crippen molar-refractivity contribution in [1.29, 1.82) is 0 Å². The summed E-state index contributed by atoms with van der Waals surface area (Å²) in [4.78, 5) is 12.4. The topological polar surface area (TPSA) is 57.8 Å². The lowest BCUT2D eigenvalue weighted by Gasteiger charge is -2.20. The summed E-state index contributed by atoms with van der Waals surface area (Å²) in [7, 11) is 0. The molecule has 22 heavy (non-hydrogen) atoms. The highest BCUT2D eigenvalue weighted by molar-refractivity contribution is 7.17. The third-order valence-corrected chi connectivity index (χ3v) is 5.42. The van der Waals surface area contributed by atoms with Crippen molar-refractivity contribution >= 4 is 27.3 Å². The molecule has 112 valence electrons. The maximum atomic E-state index is 12.4. The zero-order chi connectivity index (χ0) is 14.9. The molecule has 4 nitrogen and oxygen atoms in total. The predicted molar refractivity (Wildman–Crippen MR) is 87.8 cm³/mol. The lowest BCUT2D eigenvalue weighted by Crippen LogP contribution is -2.33. The Hall–Kier alpha value is -2.14. The Morgan fingerprint density at radius 1 is 1.41 bits per heavy atom. The summed E-state index contributed by atoms with van der Waals surface area (Å²) in [6, 6.07) is 8.32. The van der Waals surface area contributed by atoms with E-state index in [0.717, 1.165) is 25.0 Å². The Bertz CT molecular complexity index is 820. The second kappa shape index (κ2) is 5.57. The molecule has 0 bridgehead atoms. The van der Waals surface area contributed by atoms with Crippen LogP contribution in [0, 0.1) is 5.92 Å². The largest absolute Gasteiger partial charge is 0.352 e. The minimum Gasteiger partial charge on any atom is -0.352 e. The number of nitrogens with one attached hydrogen (secondary N) is 2. The van der Waals surface area contributed by atoms with Gasteiger partial charge in [-0.05, 0) is 40.8 Å². The maximum Gasteiger partial charge on any atom is 0.223 e. The number of aromatic amines is 1. The van der Waals surface area contributed by atoms with Gasteiger partial charge in [0.05, 0.1) is 6.20 Å². The van der Waals surface area contributed by atoms with Crippen LogP contribution >= 0.6 is 11.3 Å². The number of nitrogens with zero attached hydrogens (tertiary/aromatic N) is 1. The van der Waals surface area contributed by atoms with E-state index in [1.54, 1.807) is 11.3 Å². The molecular formula is C17H17N3OS. The second-order valence-electron chi connectivity index (χ2n) is 5.79. The monoisotopic (exact) mass is 311 g/mol. The van der Waals surface area contributed by atoms with Crippen molar-refractivity contribution in [2.24, 2.45) is 5.92 Å². The number of H-pyrrole nitrogens is 1. The summed E-state index contributed by atoms with van der Waals surface area (Å²) in [5.41, 5.74) is 3.58. The average Bonchev–Trinajstić information content (AvgIpc) is 3.18. The Morgan fingerprint density at radius 2 is 2.32 bits per heavy atom. The van der Waals surface area contributed by atoms with Gasteiger partial charge >= 0.3 is 0 Å². The first-order valence-electron chi connectivity index (χ1n) is 7.55. The zero-order valence-corrected chi connectivity index (χ0v) is 13.0. The normalized spacial score (nSPS) is 17.4. The summed E-state index contributed by atoms with van der Waals surface area (Å²) in [5.74, 6) is 0.202. The van der Waals surface area contributed by atoms with Crippen molar-refractivity contribution in [3.8, 4) is 0 Å². The minimum absolute atomic E-state index is 0.0536. The van der Waals surface area contributed by atoms with Gasteiger partial charge in [0.1, 0.15) is 0 Å². The number of carbonyl (C=O) groups is 1. The van der Waals surface area contributed by atoms with Crippen LogP contribution in [-0.4, -0.2) is 16.1 Å². The molecule has 1 aliphatic rings. The van der Waals surface area contributed by atoms with Crippen LogP contribution in [-0.2, 0) is 24.2 Å². The molecule has 1 aromatic carbocycles. The third-order valence-electron chi connectivity index (χ3n) is 4.41. The molecule has 1 unspecified atom stereocenters. The molecule has 3 aromatic rings. The Kier molecular flexibility index (Phi) is 3.42. The van der Waals surface area contributed by atoms with Crippen LogP contribution in [0.5, 0.6) is 0 Å². The Balaban J connectivity index is 1.43. The lowest BCUT2D eigenvalue weighted by atomic mass is 9.87. The van der Waals surface area contributed by atoms with E-state index in [-0.39, 0.29) is 11.8 Å². The standard InChI is InChI=1S/C17H17N3OS/c21-17(11-5-6-12-9-19-20-15(12)7-11)18-8-13-10-22-16-4-2-1-3-14(13)16/h1-4,9-11H,5-8H2,(H,18,21)(H,19,20). The summed E-state index contributed by atoms with van der Waals surface area (Å²) in [6.07, 6.45) is 4.49. The fourth-order valence-corrected chi connectivity index (χ4v) is 4.09. The van der Waals surface area contributed by atoms with Crippen molar-refractivity contribution in [2.45, 2.75) is 25.8 Å². The van der Waals surface area contributed by atoms with Gasteiger partial charge in [0, 0.05) is 29.3 Å². The molecule has 5 heteroatoms. The number of carbonyl (C=O) groups excluding carboxylic acids is 1. The average molecular weight is 311 g/mol. The molecule has 0 spiro atoms. The first kappa shape index (κ1) is 13.5. The molecule has 1 atom stereocenters. The van der Waals surface area contributed by atoms with E-state index < -0.39 is 0 Å². The number of fused-ring (bicyclic) bond motifs is 2. The lowest BCUT2D eigenvalue weighted by molar-refractivity contribution is -0.125. The van der Waals surface area contributed by atoms with Gasteiger partial charge < -0.3 is 5.32 Å². The molecule has 1 amide bonds. The maximum absolute atomic E-state index is 12.4. The van der Waals surface area contributed by atoms with Crippen LogP contribution in [0.1, 0.15) is 23.2 Å². The Labute approximate surface area is 132 Å². The van der Waals surface area contributed by atoms with Crippen LogP contribution < -0.4 is 5.32 Å². The summed E-state index contributed by atoms with van der Waals surface area (Å²) in [6.45, 7) is 0.606. The molecule has 2 aromatic heterocycles. The van der Waals surface area contributed by atoms with E-state index in [2.05, 4.69) is 33.0 Å². The number of benzene rings is 1. The second-order valence-corrected chi connectivity index (χ2v) is 6.70. The molecule has 0 saturated heterocycles. The zero-order valence-electron chi connectivity index (χ0n) is 12.1. The van der Waals surface area contributed by atoms with E-state index in [0.29, 0.717) is 6.54 Å². The Morgan fingerprint density at radius 3 is 3.27 bits per heavy atom. The van der Waals surface area contributed by atoms with Crippen molar-refractivity contribution in [1.82, 2.24) is 15.5 Å². The summed E-state index contributed by atoms with van der Waals surface area (Å²) < 4.78 is 1.27. The first-order chi connectivity index (χ1) is 10.8. The van der Waals surface area contributed by atoms with Gasteiger partial charge in [0.15, 0.2) is 0 Å². The minimum atomic E-state index is 0.0536. The quantitative estimate of drug-likeness (QED) is 0.781. The fraction of sp³-hybridized carbons (Fsp3) is 0.294. The van der Waals surface area contributed by atoms with Gasteiger partial charge in [-0.1, -0.05) is 18.2 Å². The highest BCUT2D eigenvalue weighted by Gasteiger charge is 2.25. The van der Waals surface area contributed by atoms with E-state index in [9.17, 15) is 4.79 Å². The number of hydrogen-bond donors (Lipinski definition) is 2. The molecule has 2 N–H and O–H groups in total. The van der Waals surface area contributed by atoms with Crippen molar-refractivity contribution in [3.05, 3.63) is 52.7 Å². The molecule has 0 saturated carbocycles. The molecule has 0 fully saturated rings. The summed E-state index contributed by atoms with van der Waals surface area (Å²) in [5, 5.41) is 13.6. The molecular weight excluding hydrogens is 294 g/mol. The van der Waals surface area contributed by atoms with Crippen LogP contribution in [0.3, 0.4) is 0 Å². The van der Waals surface area contributed by atoms with Crippen LogP contribution in [0.15, 0.2) is 35.8 Å². The van der Waals surface area contributed by atoms with E-state index in [1.165, 1.54) is 21.2 Å². The SMILES string of the molecule is O=C(NCc1csc2ccccc12)C1CCc2cn[nH]c2C1. The molecule has 0 aliphatic heterocycles. The van der Waals surface area contributed by atoms with E-state index >= 15 is 0 Å². The highest BCUT2D eigenvalue weighted by Crippen LogP contribution is 2.26. The predicted octanol–water partition coefficient (Wildman–Crippen LogP) is 3.05. The van der Waals surface area contributed by atoms with Gasteiger partial charge in [-0.2, -0.15) is 5.10 Å². The number of thiophene rings is 1. The van der Waals surface area contributed by atoms with Gasteiger partial charge in [-0.15, -0.1) is 11.3 Å². The smallest absolute Gasteiger partial charge is 0.223 e. The van der Waals surface area contributed by atoms with Crippen molar-refractivity contribution in [3.63, 3.8) is 0 Å². The molecule has 0 radical (unpaired) electrons. The van der Waals surface area contributed by atoms with Gasteiger partial charge in [-0.25, -0.2) is 0 Å². The molecule has 2 heterocycles. The number of aryl methyl sites for hydroxylation is 1. The van der Waals surface area contributed by atoms with Crippen LogP contribution in [0.25, 0.3) is 10.1 Å². The van der Waals surface area contributed by atoms with E-state index in [4.69, 9.17) is 0 Å². The number of rotatable bonds is 3. The highest BCUT2D eigenvalue weighted by atomic mass is 32.1. The number of amides is 1. The van der Waals surface area contributed by atoms with Crippen molar-refractivity contribution in [2.75, 3.05) is 0 Å². The van der Waals surface area contributed by atoms with Gasteiger partial charge in [0.25, 0.3) is 0 Å².